The Kier molecular flexibility index (Phi) is 4.22. The maximum Gasteiger partial charge on any atom is 0.126 e. The van der Waals surface area contributed by atoms with Gasteiger partial charge in [0.15, 0.2) is 0 Å². The molecule has 4 aliphatic rings. The molecular weight excluding hydrogens is 298 g/mol. The van der Waals surface area contributed by atoms with Crippen molar-refractivity contribution in [2.75, 3.05) is 6.61 Å². The number of benzene rings is 1. The zero-order chi connectivity index (χ0) is 16.5. The highest BCUT2D eigenvalue weighted by Gasteiger charge is 2.46. The predicted octanol–water partition coefficient (Wildman–Crippen LogP) is 4.88. The minimum atomic E-state index is 0.287. The fourth-order valence-electron chi connectivity index (χ4n) is 5.37. The number of allylic oxidation sites excluding steroid dienone is 1. The summed E-state index contributed by atoms with van der Waals surface area (Å²) in [4.78, 5) is 0. The fraction of sp³-hybridized carbons (Fsp3) is 0.571. The number of phenols is 1. The second kappa shape index (κ2) is 6.51. The minimum absolute atomic E-state index is 0.287. The van der Waals surface area contributed by atoms with Crippen LogP contribution in [0, 0.1) is 35.0 Å². The number of aromatic hydroxyl groups is 1. The number of hydrogen-bond acceptors (Lipinski definition) is 3. The second-order valence-electron chi connectivity index (χ2n) is 7.75. The summed E-state index contributed by atoms with van der Waals surface area (Å²) in [5.74, 6) is 4.44. The summed E-state index contributed by atoms with van der Waals surface area (Å²) < 4.78 is 6.23. The van der Waals surface area contributed by atoms with E-state index in [9.17, 15) is 5.11 Å². The molecule has 4 fully saturated rings. The highest BCUT2D eigenvalue weighted by atomic mass is 16.5. The topological polar surface area (TPSA) is 53.2 Å². The number of nitrogens with zero attached hydrogens (tertiary/aromatic N) is 1. The Morgan fingerprint density at radius 3 is 2.46 bits per heavy atom. The van der Waals surface area contributed by atoms with E-state index in [4.69, 9.17) is 10.00 Å². The Morgan fingerprint density at radius 1 is 1.12 bits per heavy atom. The van der Waals surface area contributed by atoms with Gasteiger partial charge in [-0.2, -0.15) is 5.26 Å². The summed E-state index contributed by atoms with van der Waals surface area (Å²) in [7, 11) is 0. The standard InChI is InChI=1S/C21H25NO2/c22-6-1-2-7-24-21(16-4-3-5-19(23)13-16)20-17-9-14-8-15(11-17)12-18(20)10-14/h3-5,13-15,17-18,23H,1-2,7-12H2. The van der Waals surface area contributed by atoms with Crippen molar-refractivity contribution in [2.24, 2.45) is 23.7 Å². The summed E-state index contributed by atoms with van der Waals surface area (Å²) in [6, 6.07) is 9.64. The smallest absolute Gasteiger partial charge is 0.126 e. The van der Waals surface area contributed by atoms with Crippen LogP contribution >= 0.6 is 0 Å². The Labute approximate surface area is 143 Å². The van der Waals surface area contributed by atoms with Crippen molar-refractivity contribution < 1.29 is 9.84 Å². The van der Waals surface area contributed by atoms with Crippen molar-refractivity contribution in [1.29, 1.82) is 5.26 Å². The van der Waals surface area contributed by atoms with Gasteiger partial charge < -0.3 is 9.84 Å². The lowest BCUT2D eigenvalue weighted by Gasteiger charge is -2.51. The van der Waals surface area contributed by atoms with E-state index in [2.05, 4.69) is 6.07 Å². The molecule has 0 aliphatic heterocycles. The molecule has 1 aromatic rings. The van der Waals surface area contributed by atoms with Gasteiger partial charge >= 0.3 is 0 Å². The van der Waals surface area contributed by atoms with Crippen molar-refractivity contribution in [1.82, 2.24) is 0 Å². The average Bonchev–Trinajstić information content (AvgIpc) is 2.56. The van der Waals surface area contributed by atoms with Crippen molar-refractivity contribution in [3.63, 3.8) is 0 Å². The molecule has 4 saturated carbocycles. The Balaban J connectivity index is 1.67. The first-order valence-electron chi connectivity index (χ1n) is 9.27. The average molecular weight is 323 g/mol. The third-order valence-corrected chi connectivity index (χ3v) is 6.07. The van der Waals surface area contributed by atoms with Crippen molar-refractivity contribution in [3.8, 4) is 11.8 Å². The number of phenolic OH excluding ortho intramolecular Hbond substituents is 1. The molecule has 3 nitrogen and oxygen atoms in total. The highest BCUT2D eigenvalue weighted by Crippen LogP contribution is 2.58. The lowest BCUT2D eigenvalue weighted by Crippen LogP contribution is -2.41. The van der Waals surface area contributed by atoms with Crippen LogP contribution in [0.25, 0.3) is 5.76 Å². The summed E-state index contributed by atoms with van der Waals surface area (Å²) in [6.07, 6.45) is 7.97. The van der Waals surface area contributed by atoms with Gasteiger partial charge in [0.2, 0.25) is 0 Å². The van der Waals surface area contributed by atoms with Crippen LogP contribution in [0.5, 0.6) is 5.75 Å². The molecule has 1 N–H and O–H groups in total. The third-order valence-electron chi connectivity index (χ3n) is 6.07. The molecule has 0 amide bonds. The zero-order valence-electron chi connectivity index (χ0n) is 14.1. The van der Waals surface area contributed by atoms with Gasteiger partial charge in [-0.05, 0) is 79.9 Å². The van der Waals surface area contributed by atoms with E-state index in [1.54, 1.807) is 6.07 Å². The van der Waals surface area contributed by atoms with Gasteiger partial charge in [0.1, 0.15) is 11.5 Å². The van der Waals surface area contributed by atoms with Crippen LogP contribution in [0.2, 0.25) is 0 Å². The van der Waals surface area contributed by atoms with E-state index in [1.807, 2.05) is 18.2 Å². The summed E-state index contributed by atoms with van der Waals surface area (Å²) >= 11 is 0. The predicted molar refractivity (Wildman–Crippen MR) is 92.9 cm³/mol. The molecule has 0 aromatic heterocycles. The van der Waals surface area contributed by atoms with Crippen LogP contribution in [0.3, 0.4) is 0 Å². The quantitative estimate of drug-likeness (QED) is 0.620. The molecule has 126 valence electrons. The maximum atomic E-state index is 9.90. The van der Waals surface area contributed by atoms with Gasteiger partial charge in [0.05, 0.1) is 12.7 Å². The molecule has 24 heavy (non-hydrogen) atoms. The van der Waals surface area contributed by atoms with E-state index in [-0.39, 0.29) is 5.75 Å². The van der Waals surface area contributed by atoms with Gasteiger partial charge in [-0.1, -0.05) is 12.1 Å². The molecule has 4 bridgehead atoms. The van der Waals surface area contributed by atoms with Crippen molar-refractivity contribution in [2.45, 2.75) is 44.9 Å². The molecule has 4 aliphatic carbocycles. The molecule has 0 saturated heterocycles. The third kappa shape index (κ3) is 2.90. The highest BCUT2D eigenvalue weighted by molar-refractivity contribution is 5.66. The number of rotatable bonds is 5. The van der Waals surface area contributed by atoms with E-state index in [1.165, 1.54) is 37.7 Å². The maximum absolute atomic E-state index is 9.90. The van der Waals surface area contributed by atoms with E-state index in [0.717, 1.165) is 29.6 Å². The van der Waals surface area contributed by atoms with Crippen LogP contribution in [0.15, 0.2) is 29.8 Å². The molecular formula is C21H25NO2. The second-order valence-corrected chi connectivity index (χ2v) is 7.75. The van der Waals surface area contributed by atoms with Crippen LogP contribution in [-0.4, -0.2) is 11.7 Å². The normalized spacial score (nSPS) is 30.2. The van der Waals surface area contributed by atoms with Gasteiger partial charge in [-0.3, -0.25) is 0 Å². The molecule has 0 radical (unpaired) electrons. The van der Waals surface area contributed by atoms with Gasteiger partial charge in [-0.15, -0.1) is 0 Å². The number of nitriles is 1. The van der Waals surface area contributed by atoms with Crippen LogP contribution in [0.4, 0.5) is 0 Å². The van der Waals surface area contributed by atoms with Crippen LogP contribution in [-0.2, 0) is 4.74 Å². The van der Waals surface area contributed by atoms with Gasteiger partial charge in [-0.25, -0.2) is 0 Å². The minimum Gasteiger partial charge on any atom is -0.508 e. The molecule has 0 unspecified atom stereocenters. The Bertz CT molecular complexity index is 655. The fourth-order valence-corrected chi connectivity index (χ4v) is 5.37. The molecule has 3 heteroatoms. The zero-order valence-corrected chi connectivity index (χ0v) is 14.1. The first-order chi connectivity index (χ1) is 11.7. The Morgan fingerprint density at radius 2 is 1.83 bits per heavy atom. The molecule has 1 aromatic carbocycles. The van der Waals surface area contributed by atoms with Gasteiger partial charge in [0.25, 0.3) is 0 Å². The largest absolute Gasteiger partial charge is 0.508 e. The van der Waals surface area contributed by atoms with Crippen molar-refractivity contribution >= 4 is 5.76 Å². The Hall–Kier alpha value is -1.95. The SMILES string of the molecule is N#CCCCOC(=C1C2CC3CC(C2)CC1C3)c1cccc(O)c1. The summed E-state index contributed by atoms with van der Waals surface area (Å²) in [5.41, 5.74) is 2.50. The van der Waals surface area contributed by atoms with E-state index in [0.29, 0.717) is 24.9 Å². The molecule has 0 atom stereocenters. The lowest BCUT2D eigenvalue weighted by molar-refractivity contribution is 0.0665. The molecule has 5 rings (SSSR count). The number of unbranched alkanes of at least 4 members (excludes halogenated alkanes) is 1. The van der Waals surface area contributed by atoms with Crippen LogP contribution < -0.4 is 0 Å². The lowest BCUT2D eigenvalue weighted by atomic mass is 9.54. The molecule has 0 heterocycles. The van der Waals surface area contributed by atoms with Gasteiger partial charge in [0, 0.05) is 12.0 Å². The van der Waals surface area contributed by atoms with E-state index >= 15 is 0 Å². The van der Waals surface area contributed by atoms with Crippen LogP contribution in [0.1, 0.15) is 50.5 Å². The number of ether oxygens (including phenoxy) is 1. The first-order valence-corrected chi connectivity index (χ1v) is 9.27. The van der Waals surface area contributed by atoms with E-state index < -0.39 is 0 Å². The van der Waals surface area contributed by atoms with Crippen molar-refractivity contribution in [3.05, 3.63) is 35.4 Å². The number of hydrogen-bond donors (Lipinski definition) is 1. The monoisotopic (exact) mass is 323 g/mol. The first kappa shape index (κ1) is 15.6. The summed E-state index contributed by atoms with van der Waals surface area (Å²) in [6.45, 7) is 0.578. The summed E-state index contributed by atoms with van der Waals surface area (Å²) in [5, 5.41) is 18.6. The molecule has 0 spiro atoms.